The Morgan fingerprint density at radius 3 is 3.11 bits per heavy atom. The SMILES string of the molecule is N#CCOc1ccccc1CNC1CCCOC1. The van der Waals surface area contributed by atoms with Gasteiger partial charge in [-0.25, -0.2) is 0 Å². The molecule has 0 radical (unpaired) electrons. The predicted octanol–water partition coefficient (Wildman–Crippen LogP) is 1.86. The average Bonchev–Trinajstić information content (AvgIpc) is 2.45. The van der Waals surface area contributed by atoms with E-state index < -0.39 is 0 Å². The molecule has 1 aromatic carbocycles. The Bertz CT molecular complexity index is 409. The van der Waals surface area contributed by atoms with Crippen LogP contribution in [0.2, 0.25) is 0 Å². The van der Waals surface area contributed by atoms with Crippen LogP contribution in [0.4, 0.5) is 0 Å². The van der Waals surface area contributed by atoms with Gasteiger partial charge in [0, 0.05) is 24.8 Å². The Morgan fingerprint density at radius 1 is 1.44 bits per heavy atom. The molecule has 1 N–H and O–H groups in total. The van der Waals surface area contributed by atoms with E-state index in [4.69, 9.17) is 14.7 Å². The van der Waals surface area contributed by atoms with E-state index in [0.29, 0.717) is 6.04 Å². The minimum Gasteiger partial charge on any atom is -0.478 e. The molecular weight excluding hydrogens is 228 g/mol. The first-order chi connectivity index (χ1) is 8.90. The summed E-state index contributed by atoms with van der Waals surface area (Å²) >= 11 is 0. The fourth-order valence-electron chi connectivity index (χ4n) is 2.06. The fourth-order valence-corrected chi connectivity index (χ4v) is 2.06. The third kappa shape index (κ3) is 3.73. The molecule has 1 fully saturated rings. The summed E-state index contributed by atoms with van der Waals surface area (Å²) in [6.45, 7) is 2.49. The van der Waals surface area contributed by atoms with Crippen molar-refractivity contribution in [2.75, 3.05) is 19.8 Å². The van der Waals surface area contributed by atoms with Crippen LogP contribution in [0.15, 0.2) is 24.3 Å². The Labute approximate surface area is 108 Å². The maximum absolute atomic E-state index is 8.55. The first kappa shape index (κ1) is 12.9. The second-order valence-corrected chi connectivity index (χ2v) is 4.35. The lowest BCUT2D eigenvalue weighted by Gasteiger charge is -2.23. The van der Waals surface area contributed by atoms with Gasteiger partial charge in [0.15, 0.2) is 6.61 Å². The van der Waals surface area contributed by atoms with Crippen LogP contribution in [0, 0.1) is 11.3 Å². The topological polar surface area (TPSA) is 54.3 Å². The summed E-state index contributed by atoms with van der Waals surface area (Å²) in [5.74, 6) is 0.781. The fraction of sp³-hybridized carbons (Fsp3) is 0.500. The van der Waals surface area contributed by atoms with E-state index in [1.807, 2.05) is 30.3 Å². The number of para-hydroxylation sites is 1. The molecular formula is C14H18N2O2. The molecule has 0 spiro atoms. The van der Waals surface area contributed by atoms with E-state index in [1.165, 1.54) is 0 Å². The number of rotatable bonds is 5. The molecule has 18 heavy (non-hydrogen) atoms. The molecule has 0 amide bonds. The molecule has 4 nitrogen and oxygen atoms in total. The highest BCUT2D eigenvalue weighted by molar-refractivity contribution is 5.33. The zero-order valence-corrected chi connectivity index (χ0v) is 10.4. The highest BCUT2D eigenvalue weighted by atomic mass is 16.5. The molecule has 1 aliphatic heterocycles. The van der Waals surface area contributed by atoms with Gasteiger partial charge in [-0.3, -0.25) is 0 Å². The Morgan fingerprint density at radius 2 is 2.33 bits per heavy atom. The van der Waals surface area contributed by atoms with Gasteiger partial charge in [-0.15, -0.1) is 0 Å². The largest absolute Gasteiger partial charge is 0.478 e. The zero-order chi connectivity index (χ0) is 12.6. The van der Waals surface area contributed by atoms with E-state index in [-0.39, 0.29) is 6.61 Å². The molecule has 0 aromatic heterocycles. The number of hydrogen-bond donors (Lipinski definition) is 1. The van der Waals surface area contributed by atoms with Crippen LogP contribution in [-0.4, -0.2) is 25.9 Å². The smallest absolute Gasteiger partial charge is 0.174 e. The minimum atomic E-state index is 0.0869. The van der Waals surface area contributed by atoms with Crippen molar-refractivity contribution >= 4 is 0 Å². The highest BCUT2D eigenvalue weighted by Crippen LogP contribution is 2.18. The Hall–Kier alpha value is -1.57. The normalized spacial score (nSPS) is 19.2. The van der Waals surface area contributed by atoms with E-state index >= 15 is 0 Å². The molecule has 1 unspecified atom stereocenters. The first-order valence-corrected chi connectivity index (χ1v) is 6.29. The molecule has 4 heteroatoms. The van der Waals surface area contributed by atoms with Crippen LogP contribution in [0.1, 0.15) is 18.4 Å². The molecule has 1 aromatic rings. The van der Waals surface area contributed by atoms with Crippen LogP contribution in [0.3, 0.4) is 0 Å². The van der Waals surface area contributed by atoms with E-state index in [0.717, 1.165) is 43.9 Å². The van der Waals surface area contributed by atoms with Gasteiger partial charge in [-0.2, -0.15) is 5.26 Å². The standard InChI is InChI=1S/C14H18N2O2/c15-7-9-18-14-6-2-1-4-12(14)10-16-13-5-3-8-17-11-13/h1-2,4,6,13,16H,3,5,8-11H2. The lowest BCUT2D eigenvalue weighted by Crippen LogP contribution is -2.36. The molecule has 0 aliphatic carbocycles. The summed E-state index contributed by atoms with van der Waals surface area (Å²) in [4.78, 5) is 0. The second kappa shape index (κ2) is 7.00. The zero-order valence-electron chi connectivity index (χ0n) is 10.4. The van der Waals surface area contributed by atoms with Gasteiger partial charge >= 0.3 is 0 Å². The van der Waals surface area contributed by atoms with E-state index in [9.17, 15) is 0 Å². The van der Waals surface area contributed by atoms with Gasteiger partial charge in [-0.1, -0.05) is 18.2 Å². The molecule has 0 bridgehead atoms. The first-order valence-electron chi connectivity index (χ1n) is 6.29. The van der Waals surface area contributed by atoms with Crippen LogP contribution < -0.4 is 10.1 Å². The number of ether oxygens (including phenoxy) is 2. The number of nitrogens with zero attached hydrogens (tertiary/aromatic N) is 1. The number of benzene rings is 1. The van der Waals surface area contributed by atoms with Crippen molar-refractivity contribution < 1.29 is 9.47 Å². The van der Waals surface area contributed by atoms with E-state index in [2.05, 4.69) is 5.32 Å². The van der Waals surface area contributed by atoms with Gasteiger partial charge in [0.2, 0.25) is 0 Å². The lowest BCUT2D eigenvalue weighted by atomic mass is 10.1. The summed E-state index contributed by atoms with van der Waals surface area (Å²) in [6, 6.07) is 10.2. The second-order valence-electron chi connectivity index (χ2n) is 4.35. The monoisotopic (exact) mass is 246 g/mol. The minimum absolute atomic E-state index is 0.0869. The van der Waals surface area contributed by atoms with Gasteiger partial charge in [0.05, 0.1) is 6.61 Å². The molecule has 1 heterocycles. The third-order valence-corrected chi connectivity index (χ3v) is 3.01. The maximum Gasteiger partial charge on any atom is 0.174 e. The summed E-state index contributed by atoms with van der Waals surface area (Å²) in [5, 5.41) is 12.0. The van der Waals surface area contributed by atoms with Crippen molar-refractivity contribution in [2.24, 2.45) is 0 Å². The lowest BCUT2D eigenvalue weighted by molar-refractivity contribution is 0.0698. The van der Waals surface area contributed by atoms with Gasteiger partial charge in [0.1, 0.15) is 11.8 Å². The van der Waals surface area contributed by atoms with Crippen molar-refractivity contribution in [2.45, 2.75) is 25.4 Å². The van der Waals surface area contributed by atoms with Gasteiger partial charge < -0.3 is 14.8 Å². The molecule has 1 saturated heterocycles. The van der Waals surface area contributed by atoms with Crippen molar-refractivity contribution in [1.82, 2.24) is 5.32 Å². The van der Waals surface area contributed by atoms with Crippen molar-refractivity contribution in [3.05, 3.63) is 29.8 Å². The summed E-state index contributed by atoms with van der Waals surface area (Å²) in [5.41, 5.74) is 1.08. The predicted molar refractivity (Wildman–Crippen MR) is 68.2 cm³/mol. The Balaban J connectivity index is 1.89. The van der Waals surface area contributed by atoms with Crippen LogP contribution >= 0.6 is 0 Å². The van der Waals surface area contributed by atoms with Gasteiger partial charge in [0.25, 0.3) is 0 Å². The summed E-state index contributed by atoms with van der Waals surface area (Å²) in [7, 11) is 0. The molecule has 1 atom stereocenters. The molecule has 96 valence electrons. The molecule has 0 saturated carbocycles. The molecule has 2 rings (SSSR count). The third-order valence-electron chi connectivity index (χ3n) is 3.01. The van der Waals surface area contributed by atoms with Crippen molar-refractivity contribution in [1.29, 1.82) is 5.26 Å². The van der Waals surface area contributed by atoms with Crippen LogP contribution in [0.25, 0.3) is 0 Å². The van der Waals surface area contributed by atoms with Crippen molar-refractivity contribution in [3.8, 4) is 11.8 Å². The maximum atomic E-state index is 8.55. The van der Waals surface area contributed by atoms with E-state index in [1.54, 1.807) is 0 Å². The number of hydrogen-bond acceptors (Lipinski definition) is 4. The average molecular weight is 246 g/mol. The summed E-state index contributed by atoms with van der Waals surface area (Å²) in [6.07, 6.45) is 2.27. The molecule has 1 aliphatic rings. The quantitative estimate of drug-likeness (QED) is 0.861. The Kier molecular flexibility index (Phi) is 5.00. The van der Waals surface area contributed by atoms with Gasteiger partial charge in [-0.05, 0) is 18.9 Å². The highest BCUT2D eigenvalue weighted by Gasteiger charge is 2.13. The summed E-state index contributed by atoms with van der Waals surface area (Å²) < 4.78 is 10.8. The van der Waals surface area contributed by atoms with Crippen LogP contribution in [-0.2, 0) is 11.3 Å². The van der Waals surface area contributed by atoms with Crippen molar-refractivity contribution in [3.63, 3.8) is 0 Å². The van der Waals surface area contributed by atoms with Crippen LogP contribution in [0.5, 0.6) is 5.75 Å². The number of nitrogens with one attached hydrogen (secondary N) is 1. The number of nitriles is 1.